The Morgan fingerprint density at radius 2 is 2.29 bits per heavy atom. The zero-order chi connectivity index (χ0) is 15.2. The first kappa shape index (κ1) is 16.0. The Labute approximate surface area is 125 Å². The van der Waals surface area contributed by atoms with Gasteiger partial charge in [0.25, 0.3) is 0 Å². The smallest absolute Gasteiger partial charge is 0.185 e. The van der Waals surface area contributed by atoms with Gasteiger partial charge in [-0.1, -0.05) is 19.8 Å². The minimum Gasteiger partial charge on any atom is -0.395 e. The van der Waals surface area contributed by atoms with Crippen molar-refractivity contribution >= 4 is 5.78 Å². The van der Waals surface area contributed by atoms with Gasteiger partial charge in [-0.05, 0) is 31.5 Å². The molecule has 0 radical (unpaired) electrons. The molecule has 0 saturated carbocycles. The second kappa shape index (κ2) is 7.61. The van der Waals surface area contributed by atoms with Gasteiger partial charge in [-0.3, -0.25) is 14.7 Å². The molecular formula is C16H23FN2O2. The van der Waals surface area contributed by atoms with E-state index in [1.54, 1.807) is 0 Å². The minimum atomic E-state index is -0.438. The number of ketones is 1. The van der Waals surface area contributed by atoms with Gasteiger partial charge < -0.3 is 5.11 Å². The normalized spacial score (nSPS) is 21.8. The van der Waals surface area contributed by atoms with Crippen molar-refractivity contribution in [3.8, 4) is 0 Å². The second-order valence-electron chi connectivity index (χ2n) is 5.81. The van der Waals surface area contributed by atoms with E-state index < -0.39 is 5.82 Å². The molecule has 0 amide bonds. The number of carbonyl (C=O) groups excluding carboxylic acids is 1. The number of carbonyl (C=O) groups is 1. The Kier molecular flexibility index (Phi) is 5.82. The van der Waals surface area contributed by atoms with Crippen LogP contribution in [-0.2, 0) is 0 Å². The molecule has 1 aliphatic rings. The van der Waals surface area contributed by atoms with Crippen molar-refractivity contribution in [1.82, 2.24) is 9.88 Å². The maximum absolute atomic E-state index is 12.9. The van der Waals surface area contributed by atoms with Crippen molar-refractivity contribution in [3.63, 3.8) is 0 Å². The maximum Gasteiger partial charge on any atom is 0.185 e. The first-order valence-corrected chi connectivity index (χ1v) is 7.62. The van der Waals surface area contributed by atoms with E-state index in [0.29, 0.717) is 12.2 Å². The largest absolute Gasteiger partial charge is 0.395 e. The quantitative estimate of drug-likeness (QED) is 0.847. The summed E-state index contributed by atoms with van der Waals surface area (Å²) in [4.78, 5) is 18.4. The van der Waals surface area contributed by atoms with Gasteiger partial charge in [0.1, 0.15) is 11.5 Å². The highest BCUT2D eigenvalue weighted by Crippen LogP contribution is 2.19. The number of hydrogen-bond acceptors (Lipinski definition) is 4. The number of Topliss-reactive ketones (excluding diaryl/α,β-unsaturated/α-hetero) is 1. The van der Waals surface area contributed by atoms with E-state index >= 15 is 0 Å². The van der Waals surface area contributed by atoms with Crippen LogP contribution < -0.4 is 0 Å². The fourth-order valence-electron chi connectivity index (χ4n) is 2.89. The summed E-state index contributed by atoms with van der Waals surface area (Å²) in [5.41, 5.74) is 0.305. The van der Waals surface area contributed by atoms with Crippen molar-refractivity contribution in [1.29, 1.82) is 0 Å². The number of aromatic nitrogens is 1. The highest BCUT2D eigenvalue weighted by atomic mass is 19.1. The molecule has 0 aromatic carbocycles. The van der Waals surface area contributed by atoms with Crippen LogP contribution in [0.25, 0.3) is 0 Å². The molecule has 116 valence electrons. The van der Waals surface area contributed by atoms with Crippen LogP contribution in [0.4, 0.5) is 4.39 Å². The Balaban J connectivity index is 2.00. The number of nitrogens with zero attached hydrogens (tertiary/aromatic N) is 2. The number of hydrogen-bond donors (Lipinski definition) is 1. The number of aliphatic hydroxyl groups is 1. The Bertz CT molecular complexity index is 464. The van der Waals surface area contributed by atoms with Gasteiger partial charge in [0.2, 0.25) is 0 Å². The molecule has 1 fully saturated rings. The fraction of sp³-hybridized carbons (Fsp3) is 0.625. The van der Waals surface area contributed by atoms with Gasteiger partial charge in [0, 0.05) is 18.5 Å². The third-order valence-electron chi connectivity index (χ3n) is 4.15. The molecule has 1 aliphatic heterocycles. The average Bonchev–Trinajstić information content (AvgIpc) is 2.72. The molecule has 2 heterocycles. The molecule has 0 spiro atoms. The minimum absolute atomic E-state index is 0.0732. The van der Waals surface area contributed by atoms with Gasteiger partial charge in [0.05, 0.1) is 12.8 Å². The van der Waals surface area contributed by atoms with Gasteiger partial charge in [0.15, 0.2) is 5.78 Å². The fourth-order valence-corrected chi connectivity index (χ4v) is 2.89. The molecule has 1 N–H and O–H groups in total. The van der Waals surface area contributed by atoms with Crippen molar-refractivity contribution in [2.45, 2.75) is 38.6 Å². The van der Waals surface area contributed by atoms with Crippen LogP contribution in [0.1, 0.15) is 43.1 Å². The van der Waals surface area contributed by atoms with Crippen LogP contribution in [0.2, 0.25) is 0 Å². The molecule has 2 unspecified atom stereocenters. The summed E-state index contributed by atoms with van der Waals surface area (Å²) in [6.45, 7) is 3.53. The average molecular weight is 294 g/mol. The Hall–Kier alpha value is -1.33. The monoisotopic (exact) mass is 294 g/mol. The third-order valence-corrected chi connectivity index (χ3v) is 4.15. The predicted molar refractivity (Wildman–Crippen MR) is 78.6 cm³/mol. The number of likely N-dealkylation sites (tertiary alicyclic amines) is 1. The van der Waals surface area contributed by atoms with Gasteiger partial charge in [-0.15, -0.1) is 0 Å². The van der Waals surface area contributed by atoms with Crippen molar-refractivity contribution in [2.75, 3.05) is 19.7 Å². The van der Waals surface area contributed by atoms with Crippen LogP contribution in [0, 0.1) is 11.7 Å². The SMILES string of the molecule is CC(CN1CCCCCC1CO)C(=O)c1ccc(F)cn1. The predicted octanol–water partition coefficient (Wildman–Crippen LogP) is 2.28. The zero-order valence-electron chi connectivity index (χ0n) is 12.5. The van der Waals surface area contributed by atoms with Gasteiger partial charge in [-0.2, -0.15) is 0 Å². The topological polar surface area (TPSA) is 53.4 Å². The standard InChI is InChI=1S/C16H23FN2O2/c1-12(16(21)15-7-6-13(17)9-18-15)10-19-8-4-2-3-5-14(19)11-20/h6-7,9,12,14,20H,2-5,8,10-11H2,1H3. The lowest BCUT2D eigenvalue weighted by molar-refractivity contribution is 0.0801. The van der Waals surface area contributed by atoms with Crippen LogP contribution in [-0.4, -0.2) is 46.5 Å². The van der Waals surface area contributed by atoms with Crippen LogP contribution in [0.3, 0.4) is 0 Å². The lowest BCUT2D eigenvalue weighted by Gasteiger charge is -2.30. The highest BCUT2D eigenvalue weighted by Gasteiger charge is 2.25. The molecule has 1 aromatic heterocycles. The van der Waals surface area contributed by atoms with E-state index in [4.69, 9.17) is 0 Å². The summed E-state index contributed by atoms with van der Waals surface area (Å²) in [6, 6.07) is 2.83. The second-order valence-corrected chi connectivity index (χ2v) is 5.81. The number of aliphatic hydroxyl groups excluding tert-OH is 1. The molecule has 21 heavy (non-hydrogen) atoms. The van der Waals surface area contributed by atoms with Crippen LogP contribution >= 0.6 is 0 Å². The summed E-state index contributed by atoms with van der Waals surface area (Å²) in [5.74, 6) is -0.724. The lowest BCUT2D eigenvalue weighted by atomic mass is 10.0. The summed E-state index contributed by atoms with van der Waals surface area (Å²) in [5, 5.41) is 9.50. The summed E-state index contributed by atoms with van der Waals surface area (Å²) < 4.78 is 12.9. The summed E-state index contributed by atoms with van der Waals surface area (Å²) >= 11 is 0. The molecule has 0 bridgehead atoms. The van der Waals surface area contributed by atoms with E-state index in [9.17, 15) is 14.3 Å². The number of halogens is 1. The zero-order valence-corrected chi connectivity index (χ0v) is 12.5. The van der Waals surface area contributed by atoms with Crippen molar-refractivity contribution in [2.24, 2.45) is 5.92 Å². The molecule has 4 nitrogen and oxygen atoms in total. The third kappa shape index (κ3) is 4.32. The van der Waals surface area contributed by atoms with E-state index in [1.165, 1.54) is 18.6 Å². The first-order chi connectivity index (χ1) is 10.1. The number of pyridine rings is 1. The first-order valence-electron chi connectivity index (χ1n) is 7.62. The van der Waals surface area contributed by atoms with Crippen molar-refractivity contribution in [3.05, 3.63) is 29.8 Å². The molecule has 2 rings (SSSR count). The van der Waals surface area contributed by atoms with E-state index in [0.717, 1.165) is 32.0 Å². The van der Waals surface area contributed by atoms with Crippen molar-refractivity contribution < 1.29 is 14.3 Å². The highest BCUT2D eigenvalue weighted by molar-refractivity contribution is 5.95. The maximum atomic E-state index is 12.9. The lowest BCUT2D eigenvalue weighted by Crippen LogP contribution is -2.41. The molecule has 5 heteroatoms. The van der Waals surface area contributed by atoms with E-state index in [2.05, 4.69) is 9.88 Å². The Morgan fingerprint density at radius 3 is 2.95 bits per heavy atom. The van der Waals surface area contributed by atoms with Gasteiger partial charge >= 0.3 is 0 Å². The summed E-state index contributed by atoms with van der Waals surface area (Å²) in [7, 11) is 0. The van der Waals surface area contributed by atoms with Crippen LogP contribution in [0.15, 0.2) is 18.3 Å². The van der Waals surface area contributed by atoms with E-state index in [1.807, 2.05) is 6.92 Å². The van der Waals surface area contributed by atoms with Gasteiger partial charge in [-0.25, -0.2) is 4.39 Å². The molecule has 1 aromatic rings. The molecule has 0 aliphatic carbocycles. The number of rotatable bonds is 5. The van der Waals surface area contributed by atoms with E-state index in [-0.39, 0.29) is 24.3 Å². The molecular weight excluding hydrogens is 271 g/mol. The van der Waals surface area contributed by atoms with Crippen LogP contribution in [0.5, 0.6) is 0 Å². The molecule has 1 saturated heterocycles. The summed E-state index contributed by atoms with van der Waals surface area (Å²) in [6.07, 6.45) is 5.46. The molecule has 2 atom stereocenters. The Morgan fingerprint density at radius 1 is 1.48 bits per heavy atom.